The van der Waals surface area contributed by atoms with Crippen molar-refractivity contribution >= 4 is 23.3 Å². The second kappa shape index (κ2) is 10.6. The average Bonchev–Trinajstić information content (AvgIpc) is 3.56. The summed E-state index contributed by atoms with van der Waals surface area (Å²) in [5.74, 6) is -2.68. The highest BCUT2D eigenvalue weighted by Gasteiger charge is 2.34. The number of benzene rings is 1. The first kappa shape index (κ1) is 26.8. The Balaban J connectivity index is 1.94. The summed E-state index contributed by atoms with van der Waals surface area (Å²) in [5.41, 5.74) is 0.482. The molecule has 4 aromatic rings. The van der Waals surface area contributed by atoms with Crippen LogP contribution < -0.4 is 15.8 Å². The van der Waals surface area contributed by atoms with E-state index in [2.05, 4.69) is 26.6 Å². The van der Waals surface area contributed by atoms with Crippen molar-refractivity contribution in [1.82, 2.24) is 24.5 Å². The average molecular weight is 531 g/mol. The summed E-state index contributed by atoms with van der Waals surface area (Å²) in [6, 6.07) is 9.16. The SMILES string of the molecule is CC(=O)N(C)c1nn(C)cc1[C@H](c1ccccc1C#N)[C@H](C)c1nc(C(=O)Nc2cnoc2)c(O)c(=O)n1C. The first-order chi connectivity index (χ1) is 18.5. The number of nitrogens with zero attached hydrogens (tertiary/aromatic N) is 7. The number of carbonyl (C=O) groups is 2. The van der Waals surface area contributed by atoms with Crippen molar-refractivity contribution in [2.24, 2.45) is 14.1 Å². The van der Waals surface area contributed by atoms with Gasteiger partial charge in [-0.05, 0) is 11.6 Å². The number of anilines is 2. The second-order valence-corrected chi connectivity index (χ2v) is 9.02. The maximum absolute atomic E-state index is 13.0. The number of hydrogen-bond acceptors (Lipinski definition) is 9. The third kappa shape index (κ3) is 4.99. The lowest BCUT2D eigenvalue weighted by atomic mass is 9.79. The van der Waals surface area contributed by atoms with Gasteiger partial charge in [0.2, 0.25) is 11.7 Å². The number of aromatic nitrogens is 5. The number of aryl methyl sites for hydroxylation is 1. The zero-order valence-electron chi connectivity index (χ0n) is 21.9. The highest BCUT2D eigenvalue weighted by Crippen LogP contribution is 2.42. The van der Waals surface area contributed by atoms with Crippen LogP contribution in [0.5, 0.6) is 5.75 Å². The third-order valence-electron chi connectivity index (χ3n) is 6.49. The van der Waals surface area contributed by atoms with E-state index in [1.54, 1.807) is 56.2 Å². The van der Waals surface area contributed by atoms with Crippen LogP contribution in [0.15, 0.2) is 52.2 Å². The van der Waals surface area contributed by atoms with Crippen LogP contribution in [0.1, 0.15) is 58.7 Å². The minimum absolute atomic E-state index is 0.159. The Labute approximate surface area is 222 Å². The van der Waals surface area contributed by atoms with Crippen LogP contribution in [0.25, 0.3) is 0 Å². The molecule has 2 N–H and O–H groups in total. The fourth-order valence-electron chi connectivity index (χ4n) is 4.48. The first-order valence-electron chi connectivity index (χ1n) is 11.8. The van der Waals surface area contributed by atoms with E-state index in [1.807, 2.05) is 0 Å². The topological polar surface area (TPSA) is 172 Å². The molecule has 13 nitrogen and oxygen atoms in total. The molecule has 13 heteroatoms. The van der Waals surface area contributed by atoms with Crippen molar-refractivity contribution < 1.29 is 19.2 Å². The van der Waals surface area contributed by atoms with Gasteiger partial charge in [0, 0.05) is 51.7 Å². The van der Waals surface area contributed by atoms with Gasteiger partial charge in [-0.25, -0.2) is 4.98 Å². The van der Waals surface area contributed by atoms with Crippen molar-refractivity contribution in [3.05, 3.63) is 81.5 Å². The Kier molecular flexibility index (Phi) is 7.30. The molecule has 3 aromatic heterocycles. The number of rotatable bonds is 7. The molecule has 2 atom stereocenters. The van der Waals surface area contributed by atoms with E-state index >= 15 is 0 Å². The maximum atomic E-state index is 13.0. The molecule has 4 rings (SSSR count). The summed E-state index contributed by atoms with van der Waals surface area (Å²) < 4.78 is 7.42. The third-order valence-corrected chi connectivity index (χ3v) is 6.49. The van der Waals surface area contributed by atoms with Crippen molar-refractivity contribution in [2.75, 3.05) is 17.3 Å². The maximum Gasteiger partial charge on any atom is 0.296 e. The molecule has 0 saturated carbocycles. The molecule has 200 valence electrons. The van der Waals surface area contributed by atoms with Crippen LogP contribution in [-0.2, 0) is 18.9 Å². The summed E-state index contributed by atoms with van der Waals surface area (Å²) in [6.07, 6.45) is 4.18. The van der Waals surface area contributed by atoms with E-state index in [4.69, 9.17) is 4.52 Å². The number of carbonyl (C=O) groups excluding carboxylic acids is 2. The van der Waals surface area contributed by atoms with Gasteiger partial charge in [-0.3, -0.25) is 28.5 Å². The summed E-state index contributed by atoms with van der Waals surface area (Å²) in [7, 11) is 4.73. The van der Waals surface area contributed by atoms with Crippen LogP contribution in [0.3, 0.4) is 0 Å². The van der Waals surface area contributed by atoms with Crippen LogP contribution in [0, 0.1) is 11.3 Å². The molecular weight excluding hydrogens is 504 g/mol. The molecule has 0 spiro atoms. The molecule has 0 aliphatic heterocycles. The summed E-state index contributed by atoms with van der Waals surface area (Å²) in [4.78, 5) is 44.1. The first-order valence-corrected chi connectivity index (χ1v) is 11.8. The highest BCUT2D eigenvalue weighted by molar-refractivity contribution is 6.04. The van der Waals surface area contributed by atoms with Gasteiger partial charge in [0.15, 0.2) is 11.5 Å². The van der Waals surface area contributed by atoms with E-state index in [0.29, 0.717) is 22.5 Å². The van der Waals surface area contributed by atoms with Gasteiger partial charge < -0.3 is 14.9 Å². The monoisotopic (exact) mass is 530 g/mol. The number of hydrogen-bond donors (Lipinski definition) is 2. The lowest BCUT2D eigenvalue weighted by Gasteiger charge is -2.28. The molecule has 0 bridgehead atoms. The van der Waals surface area contributed by atoms with Gasteiger partial charge in [-0.2, -0.15) is 10.4 Å². The Hall–Kier alpha value is -5.25. The molecule has 0 aliphatic rings. The Bertz CT molecular complexity index is 1650. The summed E-state index contributed by atoms with van der Waals surface area (Å²) in [6.45, 7) is 3.19. The normalized spacial score (nSPS) is 12.4. The second-order valence-electron chi connectivity index (χ2n) is 9.02. The van der Waals surface area contributed by atoms with Gasteiger partial charge >= 0.3 is 0 Å². The smallest absolute Gasteiger partial charge is 0.296 e. The minimum Gasteiger partial charge on any atom is -0.501 e. The Morgan fingerprint density at radius 1 is 1.23 bits per heavy atom. The number of amides is 2. The zero-order valence-corrected chi connectivity index (χ0v) is 21.9. The standard InChI is InChI=1S/C26H26N8O5/c1-14(23-30-21(22(36)26(38)34(23)5)25(37)29-17-11-28-39-13-17)20(18-9-7-6-8-16(18)10-27)19-12-32(3)31-24(19)33(4)15(2)35/h6-9,11-14,20,36H,1-5H3,(H,29,37)/t14-,20-/m0/s1. The fraction of sp³-hybridized carbons (Fsp3) is 0.269. The summed E-state index contributed by atoms with van der Waals surface area (Å²) >= 11 is 0. The lowest BCUT2D eigenvalue weighted by molar-refractivity contribution is -0.116. The quantitative estimate of drug-likeness (QED) is 0.363. The van der Waals surface area contributed by atoms with Crippen molar-refractivity contribution in [2.45, 2.75) is 25.7 Å². The Morgan fingerprint density at radius 3 is 2.59 bits per heavy atom. The van der Waals surface area contributed by atoms with E-state index in [1.165, 1.54) is 31.3 Å². The van der Waals surface area contributed by atoms with E-state index < -0.39 is 34.7 Å². The predicted octanol–water partition coefficient (Wildman–Crippen LogP) is 2.25. The predicted molar refractivity (Wildman–Crippen MR) is 139 cm³/mol. The number of nitrogens with one attached hydrogen (secondary N) is 1. The van der Waals surface area contributed by atoms with Crippen molar-refractivity contribution in [3.8, 4) is 11.8 Å². The fourth-order valence-corrected chi connectivity index (χ4v) is 4.48. The molecule has 0 fully saturated rings. The van der Waals surface area contributed by atoms with Crippen molar-refractivity contribution in [1.29, 1.82) is 5.26 Å². The molecule has 1 aromatic carbocycles. The summed E-state index contributed by atoms with van der Waals surface area (Å²) in [5, 5.41) is 30.9. The van der Waals surface area contributed by atoms with E-state index in [0.717, 1.165) is 4.57 Å². The number of nitriles is 1. The van der Waals surface area contributed by atoms with Gasteiger partial charge in [-0.15, -0.1) is 0 Å². The van der Waals surface area contributed by atoms with Gasteiger partial charge in [0.25, 0.3) is 11.5 Å². The molecule has 0 aliphatic carbocycles. The molecule has 0 radical (unpaired) electrons. The Morgan fingerprint density at radius 2 is 1.95 bits per heavy atom. The lowest BCUT2D eigenvalue weighted by Crippen LogP contribution is -2.30. The van der Waals surface area contributed by atoms with E-state index in [9.17, 15) is 24.8 Å². The molecule has 39 heavy (non-hydrogen) atoms. The molecule has 3 heterocycles. The van der Waals surface area contributed by atoms with Crippen LogP contribution in [-0.4, -0.2) is 48.5 Å². The van der Waals surface area contributed by atoms with Gasteiger partial charge in [-0.1, -0.05) is 30.3 Å². The van der Waals surface area contributed by atoms with E-state index in [-0.39, 0.29) is 17.4 Å². The van der Waals surface area contributed by atoms with Gasteiger partial charge in [0.05, 0.1) is 17.8 Å². The molecular formula is C26H26N8O5. The zero-order chi connectivity index (χ0) is 28.4. The highest BCUT2D eigenvalue weighted by atomic mass is 16.5. The van der Waals surface area contributed by atoms with Gasteiger partial charge in [0.1, 0.15) is 17.8 Å². The largest absolute Gasteiger partial charge is 0.501 e. The molecule has 0 saturated heterocycles. The molecule has 0 unspecified atom stereocenters. The minimum atomic E-state index is -0.839. The number of aromatic hydroxyl groups is 1. The van der Waals surface area contributed by atoms with Crippen LogP contribution in [0.4, 0.5) is 11.5 Å². The van der Waals surface area contributed by atoms with Crippen LogP contribution in [0.2, 0.25) is 0 Å². The molecule has 2 amide bonds. The van der Waals surface area contributed by atoms with Crippen molar-refractivity contribution in [3.63, 3.8) is 0 Å². The van der Waals surface area contributed by atoms with Crippen LogP contribution >= 0.6 is 0 Å².